The fourth-order valence-electron chi connectivity index (χ4n) is 7.74. The molecule has 8 nitrogen and oxygen atoms in total. The first-order valence-electron chi connectivity index (χ1n) is 16.0. The molecule has 2 aliphatic heterocycles. The number of nitrogens with zero attached hydrogens (tertiary/aromatic N) is 2. The number of hydrogen-bond donors (Lipinski definition) is 0. The Hall–Kier alpha value is -4.08. The van der Waals surface area contributed by atoms with Gasteiger partial charge in [-0.15, -0.1) is 0 Å². The van der Waals surface area contributed by atoms with Gasteiger partial charge in [-0.1, -0.05) is 55.8 Å². The molecule has 0 spiro atoms. The van der Waals surface area contributed by atoms with E-state index in [0.717, 1.165) is 32.3 Å². The molecular formula is C37H35BrN2O6. The maximum absolute atomic E-state index is 14.2. The molecule has 46 heavy (non-hydrogen) atoms. The van der Waals surface area contributed by atoms with E-state index in [4.69, 9.17) is 9.47 Å². The first-order chi connectivity index (χ1) is 22.2. The van der Waals surface area contributed by atoms with Crippen LogP contribution < -0.4 is 4.74 Å². The lowest BCUT2D eigenvalue weighted by Crippen LogP contribution is -2.46. The lowest BCUT2D eigenvalue weighted by molar-refractivity contribution is 0.0514. The van der Waals surface area contributed by atoms with Gasteiger partial charge in [-0.3, -0.25) is 29.0 Å². The molecule has 236 valence electrons. The highest BCUT2D eigenvalue weighted by atomic mass is 79.9. The Labute approximate surface area is 275 Å². The van der Waals surface area contributed by atoms with E-state index < -0.39 is 0 Å². The standard InChI is InChI=1S/C37H35BrN2O6/c1-6-18(7-2)39-34(41)22-12-10-20-28-21(11-13-23(29(22)28)35(39)42)32-27(46-15-14-45-5)17-25-30-24(16-26(38)31(20)33(30)32)36(43)40(37(25)44)19(8-3)9-4/h10-13,16-19H,6-9,14-15H2,1-5H3. The smallest absolute Gasteiger partial charge is 0.261 e. The molecule has 9 heteroatoms. The predicted molar refractivity (Wildman–Crippen MR) is 182 cm³/mol. The van der Waals surface area contributed by atoms with Crippen LogP contribution >= 0.6 is 15.9 Å². The van der Waals surface area contributed by atoms with Crippen LogP contribution in [0.3, 0.4) is 0 Å². The summed E-state index contributed by atoms with van der Waals surface area (Å²) in [5.41, 5.74) is 1.85. The van der Waals surface area contributed by atoms with Crippen LogP contribution in [0.15, 0.2) is 40.9 Å². The molecule has 0 fully saturated rings. The highest BCUT2D eigenvalue weighted by molar-refractivity contribution is 9.10. The van der Waals surface area contributed by atoms with Crippen molar-refractivity contribution in [1.82, 2.24) is 9.80 Å². The van der Waals surface area contributed by atoms with Crippen LogP contribution in [0.5, 0.6) is 5.75 Å². The highest BCUT2D eigenvalue weighted by Crippen LogP contribution is 2.51. The zero-order valence-corrected chi connectivity index (χ0v) is 28.2. The van der Waals surface area contributed by atoms with Crippen LogP contribution in [0.25, 0.3) is 43.1 Å². The number of halogens is 1. The highest BCUT2D eigenvalue weighted by Gasteiger charge is 2.41. The Morgan fingerprint density at radius 2 is 1.07 bits per heavy atom. The largest absolute Gasteiger partial charge is 0.490 e. The Morgan fingerprint density at radius 3 is 1.59 bits per heavy atom. The molecule has 2 aliphatic rings. The van der Waals surface area contributed by atoms with Gasteiger partial charge in [0.1, 0.15) is 12.4 Å². The van der Waals surface area contributed by atoms with E-state index in [1.54, 1.807) is 19.2 Å². The van der Waals surface area contributed by atoms with Gasteiger partial charge >= 0.3 is 0 Å². The van der Waals surface area contributed by atoms with Gasteiger partial charge in [-0.25, -0.2) is 0 Å². The summed E-state index contributed by atoms with van der Waals surface area (Å²) in [7, 11) is 1.60. The van der Waals surface area contributed by atoms with Crippen molar-refractivity contribution >= 4 is 82.6 Å². The van der Waals surface area contributed by atoms with Gasteiger partial charge in [0.15, 0.2) is 0 Å². The van der Waals surface area contributed by atoms with Crippen molar-refractivity contribution < 1.29 is 28.7 Å². The second-order valence-electron chi connectivity index (χ2n) is 12.1. The molecule has 0 saturated carbocycles. The third kappa shape index (κ3) is 4.00. The fraction of sp³-hybridized carbons (Fsp3) is 0.351. The topological polar surface area (TPSA) is 93.2 Å². The maximum atomic E-state index is 14.2. The summed E-state index contributed by atoms with van der Waals surface area (Å²) in [6.07, 6.45) is 2.63. The summed E-state index contributed by atoms with van der Waals surface area (Å²) in [5.74, 6) is -0.753. The molecule has 7 rings (SSSR count). The molecule has 0 aromatic heterocycles. The number of carbonyl (C=O) groups excluding carboxylic acids is 4. The Balaban J connectivity index is 1.63. The van der Waals surface area contributed by atoms with Crippen LogP contribution in [0.4, 0.5) is 0 Å². The zero-order valence-electron chi connectivity index (χ0n) is 26.6. The minimum Gasteiger partial charge on any atom is -0.490 e. The monoisotopic (exact) mass is 682 g/mol. The lowest BCUT2D eigenvalue weighted by atomic mass is 9.81. The summed E-state index contributed by atoms with van der Waals surface area (Å²) in [4.78, 5) is 59.0. The van der Waals surface area contributed by atoms with Crippen molar-refractivity contribution in [2.75, 3.05) is 20.3 Å². The third-order valence-corrected chi connectivity index (χ3v) is 10.6. The number of methoxy groups -OCH3 is 1. The Kier molecular flexibility index (Phi) is 7.52. The van der Waals surface area contributed by atoms with Crippen molar-refractivity contribution in [3.63, 3.8) is 0 Å². The Bertz CT molecular complexity index is 2110. The van der Waals surface area contributed by atoms with Gasteiger partial charge in [0.2, 0.25) is 0 Å². The first kappa shape index (κ1) is 30.6. The van der Waals surface area contributed by atoms with Crippen molar-refractivity contribution in [3.8, 4) is 5.75 Å². The van der Waals surface area contributed by atoms with E-state index in [1.807, 2.05) is 52.0 Å². The molecule has 2 heterocycles. The second kappa shape index (κ2) is 11.3. The van der Waals surface area contributed by atoms with Crippen LogP contribution in [-0.2, 0) is 4.74 Å². The molecule has 5 aromatic carbocycles. The van der Waals surface area contributed by atoms with Gasteiger partial charge in [0.25, 0.3) is 23.6 Å². The van der Waals surface area contributed by atoms with Crippen LogP contribution in [0, 0.1) is 0 Å². The maximum Gasteiger partial charge on any atom is 0.261 e. The predicted octanol–water partition coefficient (Wildman–Crippen LogP) is 8.09. The van der Waals surface area contributed by atoms with E-state index in [0.29, 0.717) is 75.5 Å². The number of hydrogen-bond acceptors (Lipinski definition) is 6. The van der Waals surface area contributed by atoms with E-state index in [-0.39, 0.29) is 42.3 Å². The SMILES string of the molecule is CCC(CC)N1C(=O)c2ccc3c4c(Br)cc5c6c(cc(OCCOC)c(c7ccc(c2c37)C1=O)c64)C(=O)N(C(CC)CC)C5=O. The molecule has 4 amide bonds. The van der Waals surface area contributed by atoms with E-state index in [2.05, 4.69) is 15.9 Å². The van der Waals surface area contributed by atoms with Crippen LogP contribution in [-0.4, -0.2) is 65.8 Å². The molecule has 0 radical (unpaired) electrons. The van der Waals surface area contributed by atoms with Crippen molar-refractivity contribution in [2.45, 2.75) is 65.5 Å². The molecule has 0 saturated heterocycles. The molecule has 0 aliphatic carbocycles. The normalized spacial score (nSPS) is 15.0. The van der Waals surface area contributed by atoms with E-state index in [1.165, 1.54) is 9.80 Å². The summed E-state index contributed by atoms with van der Waals surface area (Å²) < 4.78 is 12.3. The lowest BCUT2D eigenvalue weighted by Gasteiger charge is -2.35. The van der Waals surface area contributed by atoms with Crippen LogP contribution in [0.1, 0.15) is 94.8 Å². The number of amides is 4. The number of ether oxygens (including phenoxy) is 2. The van der Waals surface area contributed by atoms with Gasteiger partial charge in [0, 0.05) is 67.3 Å². The second-order valence-corrected chi connectivity index (χ2v) is 13.0. The molecule has 0 bridgehead atoms. The van der Waals surface area contributed by atoms with Crippen molar-refractivity contribution in [3.05, 3.63) is 63.1 Å². The van der Waals surface area contributed by atoms with Crippen molar-refractivity contribution in [2.24, 2.45) is 0 Å². The molecule has 0 unspecified atom stereocenters. The summed E-state index contributed by atoms with van der Waals surface area (Å²) in [5, 5.41) is 5.85. The number of carbonyl (C=O) groups is 4. The molecule has 0 N–H and O–H groups in total. The number of fused-ring (bicyclic) bond motifs is 2. The number of rotatable bonds is 10. The molecular weight excluding hydrogens is 648 g/mol. The van der Waals surface area contributed by atoms with Crippen LogP contribution in [0.2, 0.25) is 0 Å². The number of imide groups is 2. The number of benzene rings is 5. The Morgan fingerprint density at radius 1 is 0.587 bits per heavy atom. The minimum atomic E-state index is -0.337. The third-order valence-electron chi connectivity index (χ3n) is 9.98. The fourth-order valence-corrected chi connectivity index (χ4v) is 8.38. The first-order valence-corrected chi connectivity index (χ1v) is 16.8. The van der Waals surface area contributed by atoms with Gasteiger partial charge in [0.05, 0.1) is 12.2 Å². The van der Waals surface area contributed by atoms with E-state index in [9.17, 15) is 19.2 Å². The van der Waals surface area contributed by atoms with Crippen molar-refractivity contribution in [1.29, 1.82) is 0 Å². The quantitative estimate of drug-likeness (QED) is 0.0640. The zero-order chi connectivity index (χ0) is 32.6. The minimum absolute atomic E-state index is 0.197. The molecule has 5 aromatic rings. The van der Waals surface area contributed by atoms with Gasteiger partial charge in [-0.05, 0) is 66.1 Å². The average Bonchev–Trinajstić information content (AvgIpc) is 3.06. The summed E-state index contributed by atoms with van der Waals surface area (Å²) in [6.45, 7) is 8.51. The molecule has 0 atom stereocenters. The van der Waals surface area contributed by atoms with Gasteiger partial charge in [-0.2, -0.15) is 0 Å². The van der Waals surface area contributed by atoms with E-state index >= 15 is 0 Å². The average molecular weight is 684 g/mol. The summed E-state index contributed by atoms with van der Waals surface area (Å²) >= 11 is 3.81. The summed E-state index contributed by atoms with van der Waals surface area (Å²) in [6, 6.07) is 10.6. The van der Waals surface area contributed by atoms with Gasteiger partial charge < -0.3 is 9.47 Å².